The first-order valence-corrected chi connectivity index (χ1v) is 11.8. The molecule has 0 unspecified atom stereocenters. The number of nitrogens with one attached hydrogen (secondary N) is 1. The monoisotopic (exact) mass is 411 g/mol. The molecule has 0 saturated carbocycles. The molecule has 0 aromatic carbocycles. The summed E-state index contributed by atoms with van der Waals surface area (Å²) in [6.45, 7) is 2.26. The topological polar surface area (TPSA) is 115 Å². The third kappa shape index (κ3) is 19.5. The van der Waals surface area contributed by atoms with Crippen LogP contribution in [0.15, 0.2) is 0 Å². The lowest BCUT2D eigenvalue weighted by molar-refractivity contribution is -0.128. The van der Waals surface area contributed by atoms with Crippen LogP contribution in [-0.4, -0.2) is 23.8 Å². The lowest BCUT2D eigenvalue weighted by Crippen LogP contribution is -2.44. The van der Waals surface area contributed by atoms with E-state index in [4.69, 9.17) is 11.5 Å². The molecule has 0 aliphatic carbocycles. The molecule has 170 valence electrons. The smallest absolute Gasteiger partial charge is 0.240 e. The van der Waals surface area contributed by atoms with E-state index in [0.717, 1.165) is 19.3 Å². The van der Waals surface area contributed by atoms with Gasteiger partial charge in [-0.15, -0.1) is 0 Å². The largest absolute Gasteiger partial charge is 0.370 e. The molecule has 0 spiro atoms. The standard InChI is InChI=1S/C23H45N3O3/c1-2-3-4-5-6-7-8-9-10-11-12-13-14-15-16-17-22(28)26-20(23(25)29)18-19-21(24)27/h20H,2-19H2,1H3,(H2,24,27)(H2,25,29)(H,26,28)/t20-/m0/s1. The van der Waals surface area contributed by atoms with Crippen molar-refractivity contribution in [3.8, 4) is 0 Å². The number of hydrogen-bond donors (Lipinski definition) is 3. The first kappa shape index (κ1) is 27.4. The number of amides is 3. The predicted octanol–water partition coefficient (Wildman–Crippen LogP) is 4.48. The Labute approximate surface area is 177 Å². The minimum absolute atomic E-state index is 0.0346. The second-order valence-corrected chi connectivity index (χ2v) is 8.23. The van der Waals surface area contributed by atoms with E-state index in [1.54, 1.807) is 0 Å². The Kier molecular flexibility index (Phi) is 18.6. The number of unbranched alkanes of at least 4 members (excludes halogenated alkanes) is 14. The van der Waals surface area contributed by atoms with Crippen molar-refractivity contribution in [2.75, 3.05) is 0 Å². The fourth-order valence-electron chi connectivity index (χ4n) is 3.50. The van der Waals surface area contributed by atoms with Gasteiger partial charge in [0.05, 0.1) is 0 Å². The summed E-state index contributed by atoms with van der Waals surface area (Å²) in [5, 5.41) is 2.60. The minimum atomic E-state index is -0.814. The lowest BCUT2D eigenvalue weighted by atomic mass is 10.0. The van der Waals surface area contributed by atoms with Gasteiger partial charge < -0.3 is 16.8 Å². The van der Waals surface area contributed by atoms with Gasteiger partial charge in [0.15, 0.2) is 0 Å². The van der Waals surface area contributed by atoms with Gasteiger partial charge in [-0.3, -0.25) is 14.4 Å². The van der Waals surface area contributed by atoms with E-state index < -0.39 is 17.9 Å². The highest BCUT2D eigenvalue weighted by Gasteiger charge is 2.18. The van der Waals surface area contributed by atoms with Crippen molar-refractivity contribution < 1.29 is 14.4 Å². The highest BCUT2D eigenvalue weighted by molar-refractivity contribution is 5.87. The Balaban J connectivity index is 3.45. The van der Waals surface area contributed by atoms with E-state index in [2.05, 4.69) is 12.2 Å². The van der Waals surface area contributed by atoms with Crippen LogP contribution in [0.5, 0.6) is 0 Å². The van der Waals surface area contributed by atoms with Crippen LogP contribution in [0, 0.1) is 0 Å². The molecule has 0 radical (unpaired) electrons. The number of nitrogens with two attached hydrogens (primary N) is 2. The molecule has 6 heteroatoms. The summed E-state index contributed by atoms with van der Waals surface area (Å²) in [5.41, 5.74) is 10.3. The zero-order valence-corrected chi connectivity index (χ0v) is 18.7. The molecule has 0 aliphatic heterocycles. The molecule has 0 bridgehead atoms. The molecule has 0 saturated heterocycles. The normalized spacial score (nSPS) is 11.9. The minimum Gasteiger partial charge on any atom is -0.370 e. The predicted molar refractivity (Wildman–Crippen MR) is 119 cm³/mol. The zero-order valence-electron chi connectivity index (χ0n) is 18.7. The molecule has 3 amide bonds. The van der Waals surface area contributed by atoms with Gasteiger partial charge in [-0.05, 0) is 12.8 Å². The summed E-state index contributed by atoms with van der Waals surface area (Å²) < 4.78 is 0. The Hall–Kier alpha value is -1.59. The van der Waals surface area contributed by atoms with E-state index in [9.17, 15) is 14.4 Å². The highest BCUT2D eigenvalue weighted by Crippen LogP contribution is 2.13. The maximum Gasteiger partial charge on any atom is 0.240 e. The average molecular weight is 412 g/mol. The molecule has 1 atom stereocenters. The van der Waals surface area contributed by atoms with E-state index >= 15 is 0 Å². The van der Waals surface area contributed by atoms with Gasteiger partial charge in [0, 0.05) is 12.8 Å². The highest BCUT2D eigenvalue weighted by atomic mass is 16.2. The Morgan fingerprint density at radius 2 is 1.07 bits per heavy atom. The molecule has 0 heterocycles. The summed E-state index contributed by atoms with van der Waals surface area (Å²) in [7, 11) is 0. The Bertz CT molecular complexity index is 441. The van der Waals surface area contributed by atoms with Gasteiger partial charge in [0.1, 0.15) is 6.04 Å². The van der Waals surface area contributed by atoms with Crippen molar-refractivity contribution in [1.29, 1.82) is 0 Å². The summed E-state index contributed by atoms with van der Waals surface area (Å²) in [4.78, 5) is 34.0. The fourth-order valence-corrected chi connectivity index (χ4v) is 3.50. The quantitative estimate of drug-likeness (QED) is 0.242. The van der Waals surface area contributed by atoms with Crippen LogP contribution < -0.4 is 16.8 Å². The molecule has 0 aliphatic rings. The summed E-state index contributed by atoms with van der Waals surface area (Å²) in [5.74, 6) is -1.32. The number of carbonyl (C=O) groups excluding carboxylic acids is 3. The maximum absolute atomic E-state index is 11.9. The molecular formula is C23H45N3O3. The number of hydrogen-bond acceptors (Lipinski definition) is 3. The summed E-state index contributed by atoms with van der Waals surface area (Å²) in [6, 6.07) is -0.814. The molecule has 6 nitrogen and oxygen atoms in total. The van der Waals surface area contributed by atoms with Crippen LogP contribution in [0.1, 0.15) is 122 Å². The summed E-state index contributed by atoms with van der Waals surface area (Å²) in [6.07, 6.45) is 19.8. The SMILES string of the molecule is CCCCCCCCCCCCCCCCCC(=O)N[C@@H](CCC(N)=O)C(N)=O. The first-order chi connectivity index (χ1) is 14.0. The molecule has 5 N–H and O–H groups in total. The number of primary amides is 2. The molecule has 0 aromatic heterocycles. The van der Waals surface area contributed by atoms with E-state index in [1.165, 1.54) is 77.0 Å². The van der Waals surface area contributed by atoms with E-state index in [1.807, 2.05) is 0 Å². The van der Waals surface area contributed by atoms with Crippen LogP contribution in [0.3, 0.4) is 0 Å². The summed E-state index contributed by atoms with van der Waals surface area (Å²) >= 11 is 0. The second-order valence-electron chi connectivity index (χ2n) is 8.23. The van der Waals surface area contributed by atoms with Gasteiger partial charge in [0.25, 0.3) is 0 Å². The van der Waals surface area contributed by atoms with Gasteiger partial charge in [-0.25, -0.2) is 0 Å². The third-order valence-electron chi connectivity index (χ3n) is 5.37. The first-order valence-electron chi connectivity index (χ1n) is 11.8. The van der Waals surface area contributed by atoms with Crippen molar-refractivity contribution in [2.45, 2.75) is 129 Å². The van der Waals surface area contributed by atoms with Gasteiger partial charge >= 0.3 is 0 Å². The van der Waals surface area contributed by atoms with Gasteiger partial charge in [0.2, 0.25) is 17.7 Å². The van der Waals surface area contributed by atoms with Crippen molar-refractivity contribution in [3.63, 3.8) is 0 Å². The second kappa shape index (κ2) is 19.7. The van der Waals surface area contributed by atoms with Crippen molar-refractivity contribution in [2.24, 2.45) is 11.5 Å². The molecule has 29 heavy (non-hydrogen) atoms. The molecular weight excluding hydrogens is 366 g/mol. The van der Waals surface area contributed by atoms with Crippen LogP contribution in [0.4, 0.5) is 0 Å². The third-order valence-corrected chi connectivity index (χ3v) is 5.37. The van der Waals surface area contributed by atoms with Crippen molar-refractivity contribution in [1.82, 2.24) is 5.32 Å². The maximum atomic E-state index is 11.9. The molecule has 0 rings (SSSR count). The van der Waals surface area contributed by atoms with Crippen LogP contribution in [-0.2, 0) is 14.4 Å². The lowest BCUT2D eigenvalue weighted by Gasteiger charge is -2.14. The zero-order chi connectivity index (χ0) is 21.7. The van der Waals surface area contributed by atoms with Crippen molar-refractivity contribution in [3.05, 3.63) is 0 Å². The van der Waals surface area contributed by atoms with Crippen molar-refractivity contribution >= 4 is 17.7 Å². The van der Waals surface area contributed by atoms with Crippen LogP contribution in [0.25, 0.3) is 0 Å². The van der Waals surface area contributed by atoms with Crippen LogP contribution in [0.2, 0.25) is 0 Å². The average Bonchev–Trinajstić information content (AvgIpc) is 2.67. The number of carbonyl (C=O) groups is 3. The van der Waals surface area contributed by atoms with Crippen LogP contribution >= 0.6 is 0 Å². The Morgan fingerprint density at radius 1 is 0.655 bits per heavy atom. The fraction of sp³-hybridized carbons (Fsp3) is 0.870. The molecule has 0 fully saturated rings. The van der Waals surface area contributed by atoms with E-state index in [-0.39, 0.29) is 18.7 Å². The molecule has 0 aromatic rings. The van der Waals surface area contributed by atoms with Gasteiger partial charge in [-0.1, -0.05) is 96.8 Å². The van der Waals surface area contributed by atoms with Gasteiger partial charge in [-0.2, -0.15) is 0 Å². The Morgan fingerprint density at radius 3 is 1.45 bits per heavy atom. The number of rotatable bonds is 21. The van der Waals surface area contributed by atoms with E-state index in [0.29, 0.717) is 6.42 Å².